The Kier molecular flexibility index (Phi) is 10.8. The molecule has 1 atom stereocenters. The van der Waals surface area contributed by atoms with Gasteiger partial charge in [0.1, 0.15) is 0 Å². The molecule has 0 spiro atoms. The fraction of sp³-hybridized carbons (Fsp3) is 1.00. The molecule has 2 N–H and O–H groups in total. The molecule has 0 saturated heterocycles. The smallest absolute Gasteiger partial charge is 0.0499 e. The van der Waals surface area contributed by atoms with Crippen molar-refractivity contribution < 1.29 is 5.11 Å². The third-order valence-corrected chi connectivity index (χ3v) is 4.40. The first-order valence-corrected chi connectivity index (χ1v) is 7.98. The maximum atomic E-state index is 9.52. The molecule has 2 heteroatoms. The summed E-state index contributed by atoms with van der Waals surface area (Å²) in [5, 5.41) is 13.1. The summed E-state index contributed by atoms with van der Waals surface area (Å²) in [4.78, 5) is 0. The predicted molar refractivity (Wildman–Crippen MR) is 80.9 cm³/mol. The van der Waals surface area contributed by atoms with Crippen molar-refractivity contribution in [3.63, 3.8) is 0 Å². The second kappa shape index (κ2) is 10.8. The summed E-state index contributed by atoms with van der Waals surface area (Å²) in [7, 11) is 0. The summed E-state index contributed by atoms with van der Waals surface area (Å²) in [6.07, 6.45) is 10.1. The molecule has 2 nitrogen and oxygen atoms in total. The molecule has 0 aromatic rings. The largest absolute Gasteiger partial charge is 0.396 e. The summed E-state index contributed by atoms with van der Waals surface area (Å²) in [5.74, 6) is 0. The highest BCUT2D eigenvalue weighted by molar-refractivity contribution is 4.79. The lowest BCUT2D eigenvalue weighted by atomic mass is 9.83. The van der Waals surface area contributed by atoms with Crippen molar-refractivity contribution >= 4 is 0 Å². The third kappa shape index (κ3) is 7.38. The lowest BCUT2D eigenvalue weighted by Gasteiger charge is -2.31. The molecule has 0 rings (SSSR count). The molecule has 0 aliphatic rings. The molecule has 18 heavy (non-hydrogen) atoms. The molecule has 0 radical (unpaired) electrons. The topological polar surface area (TPSA) is 32.3 Å². The van der Waals surface area contributed by atoms with E-state index in [4.69, 9.17) is 0 Å². The Balaban J connectivity index is 3.71. The summed E-state index contributed by atoms with van der Waals surface area (Å²) in [6, 6.07) is 0.579. The van der Waals surface area contributed by atoms with Gasteiger partial charge < -0.3 is 10.4 Å². The number of nitrogens with one attached hydrogen (secondary N) is 1. The molecule has 1 unspecified atom stereocenters. The van der Waals surface area contributed by atoms with E-state index in [1.54, 1.807) is 0 Å². The zero-order valence-electron chi connectivity index (χ0n) is 13.1. The Hall–Kier alpha value is -0.0800. The van der Waals surface area contributed by atoms with Gasteiger partial charge in [-0.3, -0.25) is 0 Å². The molecule has 0 aliphatic carbocycles. The summed E-state index contributed by atoms with van der Waals surface area (Å²) in [6.45, 7) is 10.1. The van der Waals surface area contributed by atoms with Gasteiger partial charge in [0.05, 0.1) is 0 Å². The Morgan fingerprint density at radius 1 is 1.00 bits per heavy atom. The van der Waals surface area contributed by atoms with Gasteiger partial charge in [-0.25, -0.2) is 0 Å². The number of hydrogen-bond acceptors (Lipinski definition) is 2. The molecule has 0 bridgehead atoms. The molecule has 0 amide bonds. The minimum absolute atomic E-state index is 0.0937. The van der Waals surface area contributed by atoms with Crippen LogP contribution in [-0.4, -0.2) is 24.3 Å². The quantitative estimate of drug-likeness (QED) is 0.515. The number of unbranched alkanes of at least 4 members (excludes halogenated alkanes) is 4. The molecule has 0 aromatic carbocycles. The van der Waals surface area contributed by atoms with Crippen LogP contribution in [0.1, 0.15) is 79.1 Å². The average molecular weight is 257 g/mol. The minimum atomic E-state index is 0.0937. The van der Waals surface area contributed by atoms with Crippen LogP contribution < -0.4 is 5.32 Å². The Bertz CT molecular complexity index is 170. The highest BCUT2D eigenvalue weighted by Crippen LogP contribution is 2.24. The van der Waals surface area contributed by atoms with Gasteiger partial charge >= 0.3 is 0 Å². The molecular weight excluding hydrogens is 222 g/mol. The van der Waals surface area contributed by atoms with Gasteiger partial charge in [0.2, 0.25) is 0 Å². The van der Waals surface area contributed by atoms with E-state index in [1.807, 2.05) is 0 Å². The molecule has 110 valence electrons. The van der Waals surface area contributed by atoms with Crippen molar-refractivity contribution in [1.29, 1.82) is 0 Å². The number of hydrogen-bond donors (Lipinski definition) is 2. The maximum absolute atomic E-state index is 9.52. The number of aliphatic hydroxyl groups is 1. The number of aliphatic hydroxyl groups excluding tert-OH is 1. The zero-order chi connectivity index (χ0) is 13.9. The van der Waals surface area contributed by atoms with Crippen LogP contribution >= 0.6 is 0 Å². The highest BCUT2D eigenvalue weighted by Gasteiger charge is 2.25. The highest BCUT2D eigenvalue weighted by atomic mass is 16.3. The Morgan fingerprint density at radius 3 is 2.11 bits per heavy atom. The van der Waals surface area contributed by atoms with Crippen LogP contribution in [0.2, 0.25) is 0 Å². The van der Waals surface area contributed by atoms with E-state index in [0.29, 0.717) is 12.6 Å². The summed E-state index contributed by atoms with van der Waals surface area (Å²) >= 11 is 0. The third-order valence-electron chi connectivity index (χ3n) is 4.40. The molecule has 0 fully saturated rings. The fourth-order valence-electron chi connectivity index (χ4n) is 2.33. The normalized spacial score (nSPS) is 13.8. The van der Waals surface area contributed by atoms with E-state index >= 15 is 0 Å². The van der Waals surface area contributed by atoms with E-state index in [9.17, 15) is 5.11 Å². The van der Waals surface area contributed by atoms with Gasteiger partial charge in [-0.1, -0.05) is 52.9 Å². The van der Waals surface area contributed by atoms with Gasteiger partial charge in [0.25, 0.3) is 0 Å². The second-order valence-electron chi connectivity index (χ2n) is 5.85. The van der Waals surface area contributed by atoms with E-state index < -0.39 is 0 Å². The summed E-state index contributed by atoms with van der Waals surface area (Å²) in [5.41, 5.74) is 0.0937. The van der Waals surface area contributed by atoms with Crippen LogP contribution in [0.4, 0.5) is 0 Å². The Morgan fingerprint density at radius 2 is 1.61 bits per heavy atom. The van der Waals surface area contributed by atoms with Gasteiger partial charge in [-0.2, -0.15) is 0 Å². The van der Waals surface area contributed by atoms with Crippen molar-refractivity contribution in [3.8, 4) is 0 Å². The standard InChI is InChI=1S/C16H35NO/c1-5-8-9-10-11-12-15(4)17-13-16(6-2,7-3)14-18/h15,17-18H,5-14H2,1-4H3. The molecular formula is C16H35NO. The van der Waals surface area contributed by atoms with Crippen LogP contribution in [0.15, 0.2) is 0 Å². The monoisotopic (exact) mass is 257 g/mol. The second-order valence-corrected chi connectivity index (χ2v) is 5.85. The number of rotatable bonds is 12. The van der Waals surface area contributed by atoms with Crippen molar-refractivity contribution in [2.45, 2.75) is 85.1 Å². The van der Waals surface area contributed by atoms with E-state index in [0.717, 1.165) is 19.4 Å². The predicted octanol–water partition coefficient (Wildman–Crippen LogP) is 4.12. The van der Waals surface area contributed by atoms with E-state index in [2.05, 4.69) is 33.0 Å². The summed E-state index contributed by atoms with van der Waals surface area (Å²) < 4.78 is 0. The SMILES string of the molecule is CCCCCCCC(C)NCC(CC)(CC)CO. The van der Waals surface area contributed by atoms with Gasteiger partial charge in [0, 0.05) is 24.6 Å². The average Bonchev–Trinajstić information content (AvgIpc) is 2.41. The molecule has 0 heterocycles. The van der Waals surface area contributed by atoms with Crippen molar-refractivity contribution in [1.82, 2.24) is 5.32 Å². The van der Waals surface area contributed by atoms with Crippen LogP contribution in [-0.2, 0) is 0 Å². The maximum Gasteiger partial charge on any atom is 0.0499 e. The Labute approximate surface area is 115 Å². The van der Waals surface area contributed by atoms with Crippen LogP contribution in [0.25, 0.3) is 0 Å². The lowest BCUT2D eigenvalue weighted by Crippen LogP contribution is -2.40. The van der Waals surface area contributed by atoms with Crippen molar-refractivity contribution in [2.24, 2.45) is 5.41 Å². The first-order chi connectivity index (χ1) is 8.64. The fourth-order valence-corrected chi connectivity index (χ4v) is 2.33. The van der Waals surface area contributed by atoms with Gasteiger partial charge in [-0.15, -0.1) is 0 Å². The van der Waals surface area contributed by atoms with E-state index in [-0.39, 0.29) is 5.41 Å². The zero-order valence-corrected chi connectivity index (χ0v) is 13.1. The first-order valence-electron chi connectivity index (χ1n) is 7.98. The van der Waals surface area contributed by atoms with Crippen LogP contribution in [0.5, 0.6) is 0 Å². The molecule has 0 aromatic heterocycles. The molecule has 0 saturated carbocycles. The van der Waals surface area contributed by atoms with Gasteiger partial charge in [0.15, 0.2) is 0 Å². The van der Waals surface area contributed by atoms with Crippen molar-refractivity contribution in [2.75, 3.05) is 13.2 Å². The first kappa shape index (κ1) is 17.9. The van der Waals surface area contributed by atoms with E-state index in [1.165, 1.54) is 38.5 Å². The van der Waals surface area contributed by atoms with Crippen LogP contribution in [0, 0.1) is 5.41 Å². The lowest BCUT2D eigenvalue weighted by molar-refractivity contribution is 0.110. The van der Waals surface area contributed by atoms with Crippen LogP contribution in [0.3, 0.4) is 0 Å². The minimum Gasteiger partial charge on any atom is -0.396 e. The van der Waals surface area contributed by atoms with Crippen molar-refractivity contribution in [3.05, 3.63) is 0 Å². The molecule has 0 aliphatic heterocycles. The van der Waals surface area contributed by atoms with Gasteiger partial charge in [-0.05, 0) is 26.2 Å².